The summed E-state index contributed by atoms with van der Waals surface area (Å²) < 4.78 is 0. The van der Waals surface area contributed by atoms with Gasteiger partial charge in [-0.25, -0.2) is 0 Å². The van der Waals surface area contributed by atoms with E-state index in [1.165, 1.54) is 12.0 Å². The SMILES string of the molecule is CCC(C)(CO)C1CC1c1ccccc1. The van der Waals surface area contributed by atoms with Gasteiger partial charge in [0.15, 0.2) is 0 Å². The zero-order chi connectivity index (χ0) is 10.9. The molecule has 0 heterocycles. The van der Waals surface area contributed by atoms with Gasteiger partial charge in [-0.05, 0) is 35.7 Å². The van der Waals surface area contributed by atoms with Gasteiger partial charge < -0.3 is 5.11 Å². The number of hydrogen-bond donors (Lipinski definition) is 1. The molecular weight excluding hydrogens is 184 g/mol. The number of aliphatic hydroxyl groups excluding tert-OH is 1. The lowest BCUT2D eigenvalue weighted by molar-refractivity contribution is 0.113. The Labute approximate surface area is 92.1 Å². The van der Waals surface area contributed by atoms with Crippen molar-refractivity contribution in [2.75, 3.05) is 6.61 Å². The predicted molar refractivity (Wildman–Crippen MR) is 62.8 cm³/mol. The van der Waals surface area contributed by atoms with Crippen LogP contribution in [0.1, 0.15) is 38.2 Å². The first-order valence-corrected chi connectivity index (χ1v) is 5.87. The van der Waals surface area contributed by atoms with Crippen LogP contribution in [0.3, 0.4) is 0 Å². The third kappa shape index (κ3) is 1.93. The van der Waals surface area contributed by atoms with Gasteiger partial charge in [0.2, 0.25) is 0 Å². The number of rotatable bonds is 4. The molecule has 15 heavy (non-hydrogen) atoms. The molecule has 3 unspecified atom stereocenters. The lowest BCUT2D eigenvalue weighted by Crippen LogP contribution is -2.23. The number of aliphatic hydroxyl groups is 1. The van der Waals surface area contributed by atoms with Crippen LogP contribution in [-0.2, 0) is 0 Å². The van der Waals surface area contributed by atoms with Gasteiger partial charge in [0.1, 0.15) is 0 Å². The Bertz CT molecular complexity index is 313. The molecule has 2 rings (SSSR count). The van der Waals surface area contributed by atoms with E-state index in [1.54, 1.807) is 0 Å². The molecule has 0 saturated heterocycles. The average molecular weight is 204 g/mol. The van der Waals surface area contributed by atoms with Gasteiger partial charge in [0.25, 0.3) is 0 Å². The van der Waals surface area contributed by atoms with Crippen molar-refractivity contribution in [3.8, 4) is 0 Å². The first-order chi connectivity index (χ1) is 7.21. The predicted octanol–water partition coefficient (Wildman–Crippen LogP) is 3.20. The third-order valence-electron chi connectivity index (χ3n) is 4.08. The van der Waals surface area contributed by atoms with Gasteiger partial charge in [0.05, 0.1) is 0 Å². The summed E-state index contributed by atoms with van der Waals surface area (Å²) in [6.07, 6.45) is 2.31. The molecule has 82 valence electrons. The van der Waals surface area contributed by atoms with Gasteiger partial charge >= 0.3 is 0 Å². The summed E-state index contributed by atoms with van der Waals surface area (Å²) >= 11 is 0. The molecule has 0 bridgehead atoms. The van der Waals surface area contributed by atoms with Gasteiger partial charge in [0, 0.05) is 6.61 Å². The van der Waals surface area contributed by atoms with Crippen LogP contribution < -0.4 is 0 Å². The summed E-state index contributed by atoms with van der Waals surface area (Å²) in [6.45, 7) is 4.70. The zero-order valence-electron chi connectivity index (χ0n) is 9.61. The second-order valence-electron chi connectivity index (χ2n) is 5.03. The zero-order valence-corrected chi connectivity index (χ0v) is 9.61. The first-order valence-electron chi connectivity index (χ1n) is 5.87. The van der Waals surface area contributed by atoms with Crippen LogP contribution in [0.4, 0.5) is 0 Å². The number of hydrogen-bond acceptors (Lipinski definition) is 1. The Hall–Kier alpha value is -0.820. The molecule has 1 aromatic carbocycles. The normalized spacial score (nSPS) is 28.5. The maximum absolute atomic E-state index is 9.46. The highest BCUT2D eigenvalue weighted by atomic mass is 16.3. The Morgan fingerprint density at radius 1 is 1.33 bits per heavy atom. The average Bonchev–Trinajstić information content (AvgIpc) is 3.10. The molecule has 0 aliphatic heterocycles. The summed E-state index contributed by atoms with van der Waals surface area (Å²) in [5.41, 5.74) is 1.57. The van der Waals surface area contributed by atoms with Crippen molar-refractivity contribution in [2.24, 2.45) is 11.3 Å². The molecule has 0 radical (unpaired) electrons. The topological polar surface area (TPSA) is 20.2 Å². The highest BCUT2D eigenvalue weighted by Gasteiger charge is 2.49. The first kappa shape index (κ1) is 10.7. The van der Waals surface area contributed by atoms with Gasteiger partial charge in [-0.1, -0.05) is 44.2 Å². The van der Waals surface area contributed by atoms with Gasteiger partial charge in [-0.3, -0.25) is 0 Å². The van der Waals surface area contributed by atoms with E-state index in [-0.39, 0.29) is 5.41 Å². The minimum atomic E-state index is 0.126. The van der Waals surface area contributed by atoms with Crippen LogP contribution in [0, 0.1) is 11.3 Å². The van der Waals surface area contributed by atoms with Crippen LogP contribution in [0.2, 0.25) is 0 Å². The van der Waals surface area contributed by atoms with Crippen molar-refractivity contribution < 1.29 is 5.11 Å². The lowest BCUT2D eigenvalue weighted by Gasteiger charge is -2.26. The van der Waals surface area contributed by atoms with E-state index in [0.717, 1.165) is 6.42 Å². The summed E-state index contributed by atoms with van der Waals surface area (Å²) in [4.78, 5) is 0. The van der Waals surface area contributed by atoms with E-state index in [0.29, 0.717) is 18.4 Å². The van der Waals surface area contributed by atoms with E-state index >= 15 is 0 Å². The van der Waals surface area contributed by atoms with E-state index in [4.69, 9.17) is 0 Å². The van der Waals surface area contributed by atoms with Crippen LogP contribution >= 0.6 is 0 Å². The molecule has 0 aromatic heterocycles. The largest absolute Gasteiger partial charge is 0.396 e. The van der Waals surface area contributed by atoms with Crippen LogP contribution in [0.15, 0.2) is 30.3 Å². The van der Waals surface area contributed by atoms with E-state index < -0.39 is 0 Å². The molecule has 1 N–H and O–H groups in total. The minimum absolute atomic E-state index is 0.126. The van der Waals surface area contributed by atoms with E-state index in [2.05, 4.69) is 44.2 Å². The molecule has 0 spiro atoms. The maximum atomic E-state index is 9.46. The summed E-state index contributed by atoms with van der Waals surface area (Å²) in [7, 11) is 0. The maximum Gasteiger partial charge on any atom is 0.0487 e. The van der Waals surface area contributed by atoms with Gasteiger partial charge in [-0.2, -0.15) is 0 Å². The fourth-order valence-corrected chi connectivity index (χ4v) is 2.53. The smallest absolute Gasteiger partial charge is 0.0487 e. The van der Waals surface area contributed by atoms with Crippen LogP contribution in [0.25, 0.3) is 0 Å². The molecule has 1 aliphatic carbocycles. The summed E-state index contributed by atoms with van der Waals surface area (Å²) in [5.74, 6) is 1.36. The fraction of sp³-hybridized carbons (Fsp3) is 0.571. The van der Waals surface area contributed by atoms with Gasteiger partial charge in [-0.15, -0.1) is 0 Å². The van der Waals surface area contributed by atoms with E-state index in [1.807, 2.05) is 0 Å². The molecule has 1 nitrogen and oxygen atoms in total. The van der Waals surface area contributed by atoms with Crippen LogP contribution in [0.5, 0.6) is 0 Å². The Balaban J connectivity index is 2.08. The second-order valence-corrected chi connectivity index (χ2v) is 5.03. The Kier molecular flexibility index (Phi) is 2.83. The van der Waals surface area contributed by atoms with Crippen molar-refractivity contribution in [1.82, 2.24) is 0 Å². The molecule has 1 fully saturated rings. The van der Waals surface area contributed by atoms with Crippen molar-refractivity contribution >= 4 is 0 Å². The quantitative estimate of drug-likeness (QED) is 0.798. The van der Waals surface area contributed by atoms with E-state index in [9.17, 15) is 5.11 Å². The third-order valence-corrected chi connectivity index (χ3v) is 4.08. The Morgan fingerprint density at radius 3 is 2.53 bits per heavy atom. The van der Waals surface area contributed by atoms with Crippen molar-refractivity contribution in [1.29, 1.82) is 0 Å². The minimum Gasteiger partial charge on any atom is -0.396 e. The standard InChI is InChI=1S/C14H20O/c1-3-14(2,10-15)13-9-12(13)11-7-5-4-6-8-11/h4-8,12-13,15H,3,9-10H2,1-2H3. The van der Waals surface area contributed by atoms with Crippen LogP contribution in [-0.4, -0.2) is 11.7 Å². The summed E-state index contributed by atoms with van der Waals surface area (Å²) in [6, 6.07) is 10.7. The van der Waals surface area contributed by atoms with Crippen molar-refractivity contribution in [3.63, 3.8) is 0 Å². The Morgan fingerprint density at radius 2 is 2.00 bits per heavy atom. The summed E-state index contributed by atoms with van der Waals surface area (Å²) in [5, 5.41) is 9.46. The molecule has 1 aromatic rings. The van der Waals surface area contributed by atoms with Crippen molar-refractivity contribution in [2.45, 2.75) is 32.6 Å². The highest BCUT2D eigenvalue weighted by molar-refractivity contribution is 5.27. The van der Waals surface area contributed by atoms with Crippen molar-refractivity contribution in [3.05, 3.63) is 35.9 Å². The molecule has 1 saturated carbocycles. The molecule has 1 heteroatoms. The monoisotopic (exact) mass is 204 g/mol. The molecule has 0 amide bonds. The molecular formula is C14H20O. The highest BCUT2D eigenvalue weighted by Crippen LogP contribution is 2.57. The molecule has 1 aliphatic rings. The lowest BCUT2D eigenvalue weighted by atomic mass is 9.81. The fourth-order valence-electron chi connectivity index (χ4n) is 2.53. The molecule has 3 atom stereocenters. The number of benzene rings is 1. The second kappa shape index (κ2) is 3.97.